The van der Waals surface area contributed by atoms with Gasteiger partial charge in [-0.15, -0.1) is 0 Å². The molecule has 0 aliphatic heterocycles. The molecule has 1 N–H and O–H groups in total. The molecule has 2 aromatic carbocycles. The lowest BCUT2D eigenvalue weighted by Crippen LogP contribution is -2.23. The van der Waals surface area contributed by atoms with E-state index in [1.807, 2.05) is 0 Å². The maximum absolute atomic E-state index is 14.4. The van der Waals surface area contributed by atoms with Crippen LogP contribution in [0.2, 0.25) is 10.0 Å². The highest BCUT2D eigenvalue weighted by molar-refractivity contribution is 6.31. The smallest absolute Gasteiger partial charge is 0.381 e. The maximum atomic E-state index is 14.4. The highest BCUT2D eigenvalue weighted by Gasteiger charge is 2.34. The molecule has 29 heavy (non-hydrogen) atoms. The lowest BCUT2D eigenvalue weighted by molar-refractivity contribution is -0.144. The molecule has 0 unspecified atom stereocenters. The van der Waals surface area contributed by atoms with Gasteiger partial charge in [0.25, 0.3) is 0 Å². The van der Waals surface area contributed by atoms with E-state index in [9.17, 15) is 22.4 Å². The first kappa shape index (κ1) is 21.1. The fraction of sp³-hybridized carbons (Fsp3) is 0.158. The molecule has 0 radical (unpaired) electrons. The molecule has 1 aromatic heterocycles. The molecule has 4 nitrogen and oxygen atoms in total. The first-order valence-corrected chi connectivity index (χ1v) is 8.95. The van der Waals surface area contributed by atoms with Crippen LogP contribution in [0.5, 0.6) is 0 Å². The van der Waals surface area contributed by atoms with Gasteiger partial charge in [0.1, 0.15) is 17.2 Å². The Balaban J connectivity index is 2.00. The summed E-state index contributed by atoms with van der Waals surface area (Å²) in [4.78, 5) is 12.2. The highest BCUT2D eigenvalue weighted by Crippen LogP contribution is 2.30. The van der Waals surface area contributed by atoms with Gasteiger partial charge in [-0.25, -0.2) is 4.39 Å². The third-order valence-electron chi connectivity index (χ3n) is 4.09. The quantitative estimate of drug-likeness (QED) is 0.537. The molecular formula is C19H13Cl2F4N3O. The van der Waals surface area contributed by atoms with Crippen LogP contribution in [0.3, 0.4) is 0 Å². The molecule has 0 atom stereocenters. The summed E-state index contributed by atoms with van der Waals surface area (Å²) < 4.78 is 53.8. The van der Waals surface area contributed by atoms with Crippen LogP contribution in [-0.2, 0) is 19.8 Å². The molecule has 0 aliphatic carbocycles. The summed E-state index contributed by atoms with van der Waals surface area (Å²) in [5, 5.41) is 7.29. The van der Waals surface area contributed by atoms with E-state index in [0.717, 1.165) is 13.1 Å². The second-order valence-electron chi connectivity index (χ2n) is 6.15. The SMILES string of the molecule is Cn1nc(-c2cc(CNc3cccc(Cl)c3)c(Cl)cc2F)c(=O)cc1C(F)(F)F. The van der Waals surface area contributed by atoms with Gasteiger partial charge in [0.05, 0.1) is 0 Å². The largest absolute Gasteiger partial charge is 0.433 e. The lowest BCUT2D eigenvalue weighted by atomic mass is 10.1. The average Bonchev–Trinajstić information content (AvgIpc) is 2.62. The maximum Gasteiger partial charge on any atom is 0.433 e. The van der Waals surface area contributed by atoms with Crippen LogP contribution >= 0.6 is 23.2 Å². The Morgan fingerprint density at radius 1 is 1.14 bits per heavy atom. The predicted octanol–water partition coefficient (Wildman–Crippen LogP) is 5.52. The van der Waals surface area contributed by atoms with Gasteiger partial charge in [-0.1, -0.05) is 29.3 Å². The van der Waals surface area contributed by atoms with Crippen molar-refractivity contribution in [3.8, 4) is 11.3 Å². The van der Waals surface area contributed by atoms with Gasteiger partial charge in [-0.05, 0) is 35.9 Å². The van der Waals surface area contributed by atoms with Gasteiger partial charge in [-0.2, -0.15) is 18.3 Å². The Labute approximate surface area is 172 Å². The molecule has 152 valence electrons. The zero-order valence-corrected chi connectivity index (χ0v) is 16.3. The van der Waals surface area contributed by atoms with Gasteiger partial charge in [0.15, 0.2) is 0 Å². The van der Waals surface area contributed by atoms with Crippen molar-refractivity contribution < 1.29 is 17.6 Å². The molecule has 0 spiro atoms. The number of nitrogens with one attached hydrogen (secondary N) is 1. The number of benzene rings is 2. The van der Waals surface area contributed by atoms with Crippen molar-refractivity contribution in [3.63, 3.8) is 0 Å². The van der Waals surface area contributed by atoms with E-state index in [1.165, 1.54) is 6.07 Å². The number of alkyl halides is 3. The van der Waals surface area contributed by atoms with Gasteiger partial charge in [0, 0.05) is 41.0 Å². The average molecular weight is 446 g/mol. The van der Waals surface area contributed by atoms with Crippen molar-refractivity contribution in [2.75, 3.05) is 5.32 Å². The minimum atomic E-state index is -4.76. The molecule has 0 bridgehead atoms. The molecule has 0 saturated carbocycles. The summed E-state index contributed by atoms with van der Waals surface area (Å²) in [7, 11) is 1.03. The van der Waals surface area contributed by atoms with E-state index >= 15 is 0 Å². The second kappa shape index (κ2) is 8.04. The van der Waals surface area contributed by atoms with E-state index in [1.54, 1.807) is 24.3 Å². The molecular weight excluding hydrogens is 433 g/mol. The Hall–Kier alpha value is -2.58. The topological polar surface area (TPSA) is 46.9 Å². The van der Waals surface area contributed by atoms with Crippen molar-refractivity contribution in [3.05, 3.63) is 79.8 Å². The number of anilines is 1. The van der Waals surface area contributed by atoms with Crippen LogP contribution in [0, 0.1) is 5.82 Å². The summed E-state index contributed by atoms with van der Waals surface area (Å²) in [5.41, 5.74) is -1.87. The molecule has 0 fully saturated rings. The fourth-order valence-electron chi connectivity index (χ4n) is 2.70. The van der Waals surface area contributed by atoms with E-state index in [4.69, 9.17) is 23.2 Å². The Morgan fingerprint density at radius 3 is 2.52 bits per heavy atom. The van der Waals surface area contributed by atoms with Crippen molar-refractivity contribution in [2.24, 2.45) is 7.05 Å². The summed E-state index contributed by atoms with van der Waals surface area (Å²) >= 11 is 12.0. The third-order valence-corrected chi connectivity index (χ3v) is 4.68. The van der Waals surface area contributed by atoms with Crippen LogP contribution in [0.15, 0.2) is 47.3 Å². The van der Waals surface area contributed by atoms with Gasteiger partial charge in [0.2, 0.25) is 5.43 Å². The fourth-order valence-corrected chi connectivity index (χ4v) is 3.10. The molecule has 3 aromatic rings. The van der Waals surface area contributed by atoms with E-state index in [2.05, 4.69) is 10.4 Å². The number of halogens is 6. The standard InChI is InChI=1S/C19H13Cl2F4N3O/c1-28-17(19(23,24)25)8-16(29)18(27-28)13-5-10(14(21)7-15(13)22)9-26-12-4-2-3-11(20)6-12/h2-8,26H,9H2,1H3. The van der Waals surface area contributed by atoms with Crippen molar-refractivity contribution in [2.45, 2.75) is 12.7 Å². The summed E-state index contributed by atoms with van der Waals surface area (Å²) in [6, 6.07) is 9.53. The summed E-state index contributed by atoms with van der Waals surface area (Å²) in [5.74, 6) is -0.870. The minimum Gasteiger partial charge on any atom is -0.381 e. The molecule has 0 saturated heterocycles. The van der Waals surface area contributed by atoms with E-state index in [0.29, 0.717) is 27.0 Å². The van der Waals surface area contributed by atoms with E-state index in [-0.39, 0.29) is 17.1 Å². The molecule has 3 rings (SSSR count). The molecule has 1 heterocycles. The van der Waals surface area contributed by atoms with Crippen LogP contribution < -0.4 is 10.7 Å². The normalized spacial score (nSPS) is 11.6. The van der Waals surface area contributed by atoms with Gasteiger partial charge >= 0.3 is 6.18 Å². The lowest BCUT2D eigenvalue weighted by Gasteiger charge is -2.14. The van der Waals surface area contributed by atoms with Crippen LogP contribution in [-0.4, -0.2) is 9.78 Å². The molecule has 0 aliphatic rings. The van der Waals surface area contributed by atoms with Crippen LogP contribution in [0.25, 0.3) is 11.3 Å². The Bertz CT molecular complexity index is 1130. The monoisotopic (exact) mass is 445 g/mol. The first-order chi connectivity index (χ1) is 13.6. The van der Waals surface area contributed by atoms with Gasteiger partial charge < -0.3 is 5.32 Å². The number of rotatable bonds is 4. The van der Waals surface area contributed by atoms with Crippen molar-refractivity contribution >= 4 is 28.9 Å². The third kappa shape index (κ3) is 4.71. The number of hydrogen-bond acceptors (Lipinski definition) is 3. The zero-order valence-electron chi connectivity index (χ0n) is 14.8. The molecule has 10 heteroatoms. The number of aryl methyl sites for hydroxylation is 1. The number of hydrogen-bond donors (Lipinski definition) is 1. The summed E-state index contributed by atoms with van der Waals surface area (Å²) in [6.45, 7) is 0.160. The van der Waals surface area contributed by atoms with Crippen LogP contribution in [0.1, 0.15) is 11.3 Å². The zero-order chi connectivity index (χ0) is 21.3. The first-order valence-electron chi connectivity index (χ1n) is 8.19. The number of aromatic nitrogens is 2. The van der Waals surface area contributed by atoms with E-state index < -0.39 is 28.8 Å². The predicted molar refractivity (Wildman–Crippen MR) is 104 cm³/mol. The second-order valence-corrected chi connectivity index (χ2v) is 6.99. The highest BCUT2D eigenvalue weighted by atomic mass is 35.5. The van der Waals surface area contributed by atoms with Crippen molar-refractivity contribution in [1.29, 1.82) is 0 Å². The molecule has 0 amide bonds. The Kier molecular flexibility index (Phi) is 5.86. The van der Waals surface area contributed by atoms with Crippen LogP contribution in [0.4, 0.5) is 23.2 Å². The van der Waals surface area contributed by atoms with Crippen molar-refractivity contribution in [1.82, 2.24) is 9.78 Å². The summed E-state index contributed by atoms with van der Waals surface area (Å²) in [6.07, 6.45) is -4.76. The number of nitrogens with zero attached hydrogens (tertiary/aromatic N) is 2. The Morgan fingerprint density at radius 2 is 1.86 bits per heavy atom. The minimum absolute atomic E-state index is 0.0875. The van der Waals surface area contributed by atoms with Gasteiger partial charge in [-0.3, -0.25) is 9.48 Å².